The van der Waals surface area contributed by atoms with Gasteiger partial charge in [-0.1, -0.05) is 42.6 Å². The van der Waals surface area contributed by atoms with Crippen molar-refractivity contribution in [2.45, 2.75) is 19.8 Å². The van der Waals surface area contributed by atoms with E-state index in [4.69, 9.17) is 21.4 Å². The van der Waals surface area contributed by atoms with E-state index in [1.807, 2.05) is 43.3 Å². The highest BCUT2D eigenvalue weighted by atomic mass is 32.1. The Balaban J connectivity index is 1.96. The summed E-state index contributed by atoms with van der Waals surface area (Å²) in [5.41, 5.74) is 2.52. The van der Waals surface area contributed by atoms with Gasteiger partial charge in [-0.25, -0.2) is 4.98 Å². The number of aromatic nitrogens is 2. The van der Waals surface area contributed by atoms with Crippen LogP contribution in [0.1, 0.15) is 25.6 Å². The molecule has 2 heterocycles. The van der Waals surface area contributed by atoms with Gasteiger partial charge in [-0.3, -0.25) is 0 Å². The van der Waals surface area contributed by atoms with Crippen molar-refractivity contribution in [3.05, 3.63) is 53.0 Å². The lowest BCUT2D eigenvalue weighted by molar-refractivity contribution is 0.338. The first-order valence-electron chi connectivity index (χ1n) is 8.00. The van der Waals surface area contributed by atoms with Crippen LogP contribution in [-0.2, 0) is 0 Å². The number of hydrogen-bond donors (Lipinski definition) is 0. The maximum Gasteiger partial charge on any atom is 0.231 e. The molecule has 0 unspecified atom stereocenters. The van der Waals surface area contributed by atoms with Crippen LogP contribution in [0.15, 0.2) is 46.9 Å². The summed E-state index contributed by atoms with van der Waals surface area (Å²) in [6.07, 6.45) is 8.09. The fourth-order valence-electron chi connectivity index (χ4n) is 2.84. The van der Waals surface area contributed by atoms with Crippen molar-refractivity contribution < 1.29 is 9.15 Å². The van der Waals surface area contributed by atoms with Gasteiger partial charge in [0.15, 0.2) is 17.2 Å². The number of fused-ring (bicyclic) bond motifs is 2. The Morgan fingerprint density at radius 3 is 3.00 bits per heavy atom. The first-order valence-corrected chi connectivity index (χ1v) is 8.40. The Bertz CT molecular complexity index is 1000. The predicted octanol–water partition coefficient (Wildman–Crippen LogP) is 5.19. The summed E-state index contributed by atoms with van der Waals surface area (Å²) in [6, 6.07) is 7.77. The third kappa shape index (κ3) is 2.61. The van der Waals surface area contributed by atoms with Crippen LogP contribution in [0.4, 0.5) is 0 Å². The third-order valence-electron chi connectivity index (χ3n) is 3.98. The van der Waals surface area contributed by atoms with Crippen molar-refractivity contribution in [2.75, 3.05) is 6.61 Å². The van der Waals surface area contributed by atoms with Gasteiger partial charge in [-0.15, -0.1) is 0 Å². The van der Waals surface area contributed by atoms with Gasteiger partial charge in [0.2, 0.25) is 5.89 Å². The molecule has 1 aliphatic carbocycles. The second-order valence-electron chi connectivity index (χ2n) is 5.58. The molecule has 4 rings (SSSR count). The molecule has 120 valence electrons. The van der Waals surface area contributed by atoms with Crippen molar-refractivity contribution >= 4 is 28.8 Å². The number of ether oxygens (including phenoxy) is 1. The van der Waals surface area contributed by atoms with Gasteiger partial charge >= 0.3 is 0 Å². The zero-order valence-corrected chi connectivity index (χ0v) is 14.1. The van der Waals surface area contributed by atoms with Crippen LogP contribution in [0.5, 0.6) is 5.75 Å². The molecule has 0 atom stereocenters. The van der Waals surface area contributed by atoms with E-state index in [9.17, 15) is 0 Å². The molecule has 2 aliphatic heterocycles. The predicted molar refractivity (Wildman–Crippen MR) is 96.8 cm³/mol. The molecule has 4 nitrogen and oxygen atoms in total. The van der Waals surface area contributed by atoms with E-state index < -0.39 is 0 Å². The number of rotatable bonds is 3. The Labute approximate surface area is 144 Å². The third-order valence-corrected chi connectivity index (χ3v) is 4.30. The van der Waals surface area contributed by atoms with Gasteiger partial charge in [0.1, 0.15) is 4.64 Å². The minimum absolute atomic E-state index is 0.500. The van der Waals surface area contributed by atoms with E-state index in [0.29, 0.717) is 34.3 Å². The molecular weight excluding hydrogens is 320 g/mol. The monoisotopic (exact) mass is 336 g/mol. The summed E-state index contributed by atoms with van der Waals surface area (Å²) in [7, 11) is 0. The van der Waals surface area contributed by atoms with Gasteiger partial charge < -0.3 is 9.15 Å². The van der Waals surface area contributed by atoms with Gasteiger partial charge in [0.25, 0.3) is 0 Å². The van der Waals surface area contributed by atoms with Crippen molar-refractivity contribution in [3.8, 4) is 17.2 Å². The molecule has 0 saturated heterocycles. The average molecular weight is 336 g/mol. The summed E-state index contributed by atoms with van der Waals surface area (Å²) < 4.78 is 12.2. The summed E-state index contributed by atoms with van der Waals surface area (Å²) in [5, 5.41) is 0.927. The smallest absolute Gasteiger partial charge is 0.231 e. The molecule has 24 heavy (non-hydrogen) atoms. The normalized spacial score (nSPS) is 14.1. The lowest BCUT2D eigenvalue weighted by Gasteiger charge is -2.12. The van der Waals surface area contributed by atoms with Crippen molar-refractivity contribution in [1.29, 1.82) is 0 Å². The molecule has 3 aliphatic rings. The highest BCUT2D eigenvalue weighted by molar-refractivity contribution is 7.71. The quantitative estimate of drug-likeness (QED) is 0.486. The summed E-state index contributed by atoms with van der Waals surface area (Å²) in [5.74, 6) is 1.86. The molecule has 0 radical (unpaired) electrons. The molecule has 0 aromatic heterocycles. The summed E-state index contributed by atoms with van der Waals surface area (Å²) in [4.78, 5) is 9.11. The van der Waals surface area contributed by atoms with Gasteiger partial charge in [-0.05, 0) is 37.5 Å². The van der Waals surface area contributed by atoms with Crippen molar-refractivity contribution in [1.82, 2.24) is 9.97 Å². The number of nitrogens with zero attached hydrogens (tertiary/aromatic N) is 2. The molecule has 1 aromatic carbocycles. The van der Waals surface area contributed by atoms with E-state index >= 15 is 0 Å². The van der Waals surface area contributed by atoms with Crippen LogP contribution in [0.2, 0.25) is 0 Å². The average Bonchev–Trinajstić information content (AvgIpc) is 2.62. The number of benzene rings is 1. The second-order valence-corrected chi connectivity index (χ2v) is 5.97. The summed E-state index contributed by atoms with van der Waals surface area (Å²) in [6.45, 7) is 2.53. The highest BCUT2D eigenvalue weighted by Gasteiger charge is 2.17. The first-order chi connectivity index (χ1) is 11.8. The molecule has 0 saturated carbocycles. The Kier molecular flexibility index (Phi) is 3.86. The molecule has 0 fully saturated rings. The van der Waals surface area contributed by atoms with Crippen molar-refractivity contribution in [2.24, 2.45) is 0 Å². The topological polar surface area (TPSA) is 48.2 Å². The second kappa shape index (κ2) is 6.17. The van der Waals surface area contributed by atoms with E-state index in [2.05, 4.69) is 16.0 Å². The molecule has 0 N–H and O–H groups in total. The SMILES string of the molecule is CCOc1cccc2cc3c(=S)nc(C4=CC=CCC4)nc-3oc12. The van der Waals surface area contributed by atoms with E-state index in [1.165, 1.54) is 0 Å². The Morgan fingerprint density at radius 2 is 2.21 bits per heavy atom. The van der Waals surface area contributed by atoms with Crippen LogP contribution in [0, 0.1) is 4.64 Å². The highest BCUT2D eigenvalue weighted by Crippen LogP contribution is 2.33. The first kappa shape index (κ1) is 15.0. The van der Waals surface area contributed by atoms with E-state index in [-0.39, 0.29) is 0 Å². The van der Waals surface area contributed by atoms with Gasteiger partial charge in [0.05, 0.1) is 12.2 Å². The van der Waals surface area contributed by atoms with Crippen LogP contribution >= 0.6 is 12.2 Å². The van der Waals surface area contributed by atoms with Crippen LogP contribution in [0.3, 0.4) is 0 Å². The number of allylic oxidation sites excluding steroid dienone is 4. The van der Waals surface area contributed by atoms with Crippen LogP contribution in [-0.4, -0.2) is 16.6 Å². The lowest BCUT2D eigenvalue weighted by Crippen LogP contribution is -2.01. The van der Waals surface area contributed by atoms with Gasteiger partial charge in [0, 0.05) is 5.39 Å². The molecule has 0 bridgehead atoms. The van der Waals surface area contributed by atoms with Crippen LogP contribution in [0.25, 0.3) is 28.0 Å². The summed E-state index contributed by atoms with van der Waals surface area (Å²) >= 11 is 5.47. The van der Waals surface area contributed by atoms with Crippen molar-refractivity contribution in [3.63, 3.8) is 0 Å². The molecule has 1 aromatic rings. The fraction of sp³-hybridized carbons (Fsp3) is 0.211. The van der Waals surface area contributed by atoms with Crippen LogP contribution < -0.4 is 4.74 Å². The molecular formula is C19H16N2O2S. The molecule has 0 spiro atoms. The zero-order chi connectivity index (χ0) is 16.5. The zero-order valence-electron chi connectivity index (χ0n) is 13.3. The van der Waals surface area contributed by atoms with E-state index in [0.717, 1.165) is 29.4 Å². The minimum Gasteiger partial charge on any atom is -0.490 e. The Morgan fingerprint density at radius 1 is 1.29 bits per heavy atom. The minimum atomic E-state index is 0.500. The fourth-order valence-corrected chi connectivity index (χ4v) is 3.07. The lowest BCUT2D eigenvalue weighted by atomic mass is 10.0. The molecule has 5 heteroatoms. The van der Waals surface area contributed by atoms with E-state index in [1.54, 1.807) is 0 Å². The largest absolute Gasteiger partial charge is 0.490 e. The number of hydrogen-bond acceptors (Lipinski definition) is 5. The molecule has 0 amide bonds. The Hall–Kier alpha value is -2.53. The maximum atomic E-state index is 6.05. The number of para-hydroxylation sites is 1. The van der Waals surface area contributed by atoms with Gasteiger partial charge in [-0.2, -0.15) is 4.98 Å². The standard InChI is InChI=1S/C19H16N2O2S/c1-2-22-15-10-6-9-13-11-14-18(23-16(13)15)20-17(21-19(14)24)12-7-4-3-5-8-12/h3-4,6-7,9-11H,2,5,8H2,1H3. The maximum absolute atomic E-state index is 6.05.